The van der Waals surface area contributed by atoms with Crippen LogP contribution in [-0.4, -0.2) is 27.8 Å². The number of hydrogen-bond acceptors (Lipinski definition) is 4. The quantitative estimate of drug-likeness (QED) is 0.791. The molecular formula is C15H23NO2S. The van der Waals surface area contributed by atoms with E-state index >= 15 is 0 Å². The summed E-state index contributed by atoms with van der Waals surface area (Å²) in [6.45, 7) is 2.00. The van der Waals surface area contributed by atoms with Crippen LogP contribution in [-0.2, 0) is 0 Å². The van der Waals surface area contributed by atoms with E-state index in [2.05, 4.69) is 11.6 Å². The van der Waals surface area contributed by atoms with Crippen LogP contribution in [0.1, 0.15) is 44.2 Å². The lowest BCUT2D eigenvalue weighted by Gasteiger charge is -2.31. The highest BCUT2D eigenvalue weighted by Crippen LogP contribution is 2.34. The molecule has 0 spiro atoms. The van der Waals surface area contributed by atoms with E-state index in [4.69, 9.17) is 0 Å². The predicted molar refractivity (Wildman–Crippen MR) is 80.9 cm³/mol. The molecule has 1 aliphatic carbocycles. The lowest BCUT2D eigenvalue weighted by molar-refractivity contribution is 0.341. The van der Waals surface area contributed by atoms with Gasteiger partial charge in [-0.1, -0.05) is 12.5 Å². The largest absolute Gasteiger partial charge is 0.507 e. The first-order valence-electron chi connectivity index (χ1n) is 6.91. The highest BCUT2D eigenvalue weighted by molar-refractivity contribution is 7.99. The first-order valence-corrected chi connectivity index (χ1v) is 8.20. The van der Waals surface area contributed by atoms with Crippen LogP contribution < -0.4 is 5.32 Å². The smallest absolute Gasteiger partial charge is 0.124 e. The Hall–Kier alpha value is -0.870. The zero-order chi connectivity index (χ0) is 13.8. The van der Waals surface area contributed by atoms with E-state index in [0.717, 1.165) is 5.25 Å². The SMILES string of the molecule is CSC1CCCC(NC(C)c2c(O)cccc2O)C1. The van der Waals surface area contributed by atoms with Gasteiger partial charge in [0.2, 0.25) is 0 Å². The van der Waals surface area contributed by atoms with E-state index in [1.54, 1.807) is 18.2 Å². The summed E-state index contributed by atoms with van der Waals surface area (Å²) in [5.41, 5.74) is 0.605. The maximum atomic E-state index is 9.89. The van der Waals surface area contributed by atoms with Crippen LogP contribution in [0.5, 0.6) is 11.5 Å². The van der Waals surface area contributed by atoms with Crippen molar-refractivity contribution < 1.29 is 10.2 Å². The maximum Gasteiger partial charge on any atom is 0.124 e. The number of aromatic hydroxyl groups is 2. The van der Waals surface area contributed by atoms with E-state index in [0.29, 0.717) is 11.6 Å². The number of nitrogens with one attached hydrogen (secondary N) is 1. The van der Waals surface area contributed by atoms with Gasteiger partial charge in [-0.2, -0.15) is 11.8 Å². The van der Waals surface area contributed by atoms with Crippen LogP contribution in [0.2, 0.25) is 0 Å². The van der Waals surface area contributed by atoms with E-state index in [9.17, 15) is 10.2 Å². The second kappa shape index (κ2) is 6.53. The van der Waals surface area contributed by atoms with Crippen LogP contribution in [0.3, 0.4) is 0 Å². The number of thioether (sulfide) groups is 1. The van der Waals surface area contributed by atoms with Gasteiger partial charge in [0.05, 0.1) is 5.56 Å². The summed E-state index contributed by atoms with van der Waals surface area (Å²) in [6, 6.07) is 5.34. The van der Waals surface area contributed by atoms with Crippen molar-refractivity contribution in [1.29, 1.82) is 0 Å². The molecule has 3 nitrogen and oxygen atoms in total. The number of hydrogen-bond donors (Lipinski definition) is 3. The molecule has 0 saturated heterocycles. The monoisotopic (exact) mass is 281 g/mol. The van der Waals surface area contributed by atoms with Crippen molar-refractivity contribution in [2.45, 2.75) is 49.9 Å². The Morgan fingerprint density at radius 3 is 2.58 bits per heavy atom. The molecule has 1 aliphatic rings. The molecular weight excluding hydrogens is 258 g/mol. The third kappa shape index (κ3) is 3.57. The Morgan fingerprint density at radius 1 is 1.26 bits per heavy atom. The molecule has 1 aromatic carbocycles. The van der Waals surface area contributed by atoms with Gasteiger partial charge < -0.3 is 15.5 Å². The molecule has 0 amide bonds. The van der Waals surface area contributed by atoms with Crippen molar-refractivity contribution in [1.82, 2.24) is 5.32 Å². The fourth-order valence-electron chi connectivity index (χ4n) is 2.93. The van der Waals surface area contributed by atoms with E-state index in [-0.39, 0.29) is 17.5 Å². The lowest BCUT2D eigenvalue weighted by atomic mass is 9.93. The van der Waals surface area contributed by atoms with Crippen LogP contribution in [0.4, 0.5) is 0 Å². The minimum atomic E-state index is -0.0354. The van der Waals surface area contributed by atoms with E-state index < -0.39 is 0 Å². The summed E-state index contributed by atoms with van der Waals surface area (Å²) in [5, 5.41) is 24.1. The van der Waals surface area contributed by atoms with Crippen molar-refractivity contribution in [3.05, 3.63) is 23.8 Å². The Kier molecular flexibility index (Phi) is 4.99. The van der Waals surface area contributed by atoms with Crippen molar-refractivity contribution in [3.8, 4) is 11.5 Å². The first-order chi connectivity index (χ1) is 9.11. The molecule has 0 aromatic heterocycles. The van der Waals surface area contributed by atoms with Gasteiger partial charge in [0, 0.05) is 17.3 Å². The zero-order valence-corrected chi connectivity index (χ0v) is 12.4. The Labute approximate surface area is 119 Å². The van der Waals surface area contributed by atoms with E-state index in [1.807, 2.05) is 18.7 Å². The van der Waals surface area contributed by atoms with Gasteiger partial charge in [-0.25, -0.2) is 0 Å². The number of benzene rings is 1. The van der Waals surface area contributed by atoms with Gasteiger partial charge in [-0.15, -0.1) is 0 Å². The summed E-state index contributed by atoms with van der Waals surface area (Å²) in [5.74, 6) is 0.328. The average Bonchev–Trinajstić information content (AvgIpc) is 2.38. The molecule has 19 heavy (non-hydrogen) atoms. The molecule has 3 atom stereocenters. The summed E-state index contributed by atoms with van der Waals surface area (Å²) >= 11 is 1.94. The minimum absolute atomic E-state index is 0.0354. The number of phenols is 2. The standard InChI is InChI=1S/C15H23NO2S/c1-10(15-13(17)7-4-8-14(15)18)16-11-5-3-6-12(9-11)19-2/h4,7-8,10-12,16-18H,3,5-6,9H2,1-2H3. The Morgan fingerprint density at radius 2 is 1.95 bits per heavy atom. The third-order valence-electron chi connectivity index (χ3n) is 3.94. The highest BCUT2D eigenvalue weighted by atomic mass is 32.2. The molecule has 1 fully saturated rings. The first kappa shape index (κ1) is 14.5. The molecule has 3 N–H and O–H groups in total. The molecule has 0 bridgehead atoms. The van der Waals surface area contributed by atoms with Crippen LogP contribution in [0.25, 0.3) is 0 Å². The van der Waals surface area contributed by atoms with Crippen LogP contribution >= 0.6 is 11.8 Å². The predicted octanol–water partition coefficient (Wildman–Crippen LogP) is 3.42. The van der Waals surface area contributed by atoms with Crippen molar-refractivity contribution in [2.75, 3.05) is 6.26 Å². The molecule has 1 saturated carbocycles. The van der Waals surface area contributed by atoms with Crippen molar-refractivity contribution in [3.63, 3.8) is 0 Å². The number of rotatable bonds is 4. The summed E-state index contributed by atoms with van der Waals surface area (Å²) < 4.78 is 0. The Balaban J connectivity index is 2.02. The minimum Gasteiger partial charge on any atom is -0.507 e. The molecule has 3 unspecified atom stereocenters. The number of phenolic OH excluding ortho intramolecular Hbond substituents is 2. The molecule has 4 heteroatoms. The molecule has 1 aromatic rings. The normalized spacial score (nSPS) is 25.2. The van der Waals surface area contributed by atoms with E-state index in [1.165, 1.54) is 25.7 Å². The summed E-state index contributed by atoms with van der Waals surface area (Å²) in [4.78, 5) is 0. The van der Waals surface area contributed by atoms with Gasteiger partial charge >= 0.3 is 0 Å². The van der Waals surface area contributed by atoms with Gasteiger partial charge in [0.1, 0.15) is 11.5 Å². The zero-order valence-electron chi connectivity index (χ0n) is 11.6. The maximum absolute atomic E-state index is 9.89. The average molecular weight is 281 g/mol. The van der Waals surface area contributed by atoms with Crippen molar-refractivity contribution >= 4 is 11.8 Å². The highest BCUT2D eigenvalue weighted by Gasteiger charge is 2.24. The van der Waals surface area contributed by atoms with Crippen LogP contribution in [0, 0.1) is 0 Å². The van der Waals surface area contributed by atoms with Gasteiger partial charge in [0.15, 0.2) is 0 Å². The Bertz CT molecular complexity index is 404. The second-order valence-electron chi connectivity index (χ2n) is 5.32. The fourth-order valence-corrected chi connectivity index (χ4v) is 3.76. The molecule has 0 heterocycles. The molecule has 2 rings (SSSR count). The summed E-state index contributed by atoms with van der Waals surface area (Å²) in [7, 11) is 0. The fraction of sp³-hybridized carbons (Fsp3) is 0.600. The molecule has 0 aliphatic heterocycles. The van der Waals surface area contributed by atoms with Crippen LogP contribution in [0.15, 0.2) is 18.2 Å². The second-order valence-corrected chi connectivity index (χ2v) is 6.46. The molecule has 106 valence electrons. The van der Waals surface area contributed by atoms with Gasteiger partial charge in [-0.05, 0) is 44.6 Å². The van der Waals surface area contributed by atoms with Gasteiger partial charge in [0.25, 0.3) is 0 Å². The van der Waals surface area contributed by atoms with Gasteiger partial charge in [-0.3, -0.25) is 0 Å². The van der Waals surface area contributed by atoms with Crippen molar-refractivity contribution in [2.24, 2.45) is 0 Å². The third-order valence-corrected chi connectivity index (χ3v) is 5.03. The molecule has 0 radical (unpaired) electrons. The topological polar surface area (TPSA) is 52.5 Å². The summed E-state index contributed by atoms with van der Waals surface area (Å²) in [6.07, 6.45) is 7.07. The lowest BCUT2D eigenvalue weighted by Crippen LogP contribution is -2.36.